The molecule has 1 saturated carbocycles. The lowest BCUT2D eigenvalue weighted by atomic mass is 9.78. The Hall–Kier alpha value is -0.830. The monoisotopic (exact) mass is 237 g/mol. The number of aliphatic hydroxyl groups is 1. The van der Waals surface area contributed by atoms with Crippen molar-refractivity contribution < 1.29 is 9.90 Å². The van der Waals surface area contributed by atoms with Crippen molar-refractivity contribution in [1.82, 2.24) is 5.32 Å². The average molecular weight is 237 g/mol. The maximum Gasteiger partial charge on any atom is 0.157 e. The van der Waals surface area contributed by atoms with E-state index in [9.17, 15) is 9.90 Å². The fourth-order valence-electron chi connectivity index (χ4n) is 3.00. The molecule has 2 atom stereocenters. The van der Waals surface area contributed by atoms with E-state index in [1.807, 2.05) is 0 Å². The highest BCUT2D eigenvalue weighted by Gasteiger charge is 2.29. The van der Waals surface area contributed by atoms with E-state index in [-0.39, 0.29) is 17.3 Å². The van der Waals surface area contributed by atoms with Gasteiger partial charge in [0.1, 0.15) is 0 Å². The standard InChI is InChI=1S/C14H23NO2/c1-14(2)8-11(7-13(17)9-14)15-10-4-3-5-12(16)6-10/h7,10,12,15-16H,3-6,8-9H2,1-2H3/t10-,12+/m0/s1. The van der Waals surface area contributed by atoms with Crippen molar-refractivity contribution in [2.75, 3.05) is 0 Å². The van der Waals surface area contributed by atoms with Crippen LogP contribution in [0, 0.1) is 5.41 Å². The molecule has 3 heteroatoms. The summed E-state index contributed by atoms with van der Waals surface area (Å²) in [5.41, 5.74) is 1.13. The second-order valence-corrected chi connectivity index (χ2v) is 6.32. The molecule has 0 aromatic heterocycles. The van der Waals surface area contributed by atoms with Crippen LogP contribution in [0.3, 0.4) is 0 Å². The molecular weight excluding hydrogens is 214 g/mol. The Morgan fingerprint density at radius 1 is 1.35 bits per heavy atom. The fourth-order valence-corrected chi connectivity index (χ4v) is 3.00. The van der Waals surface area contributed by atoms with E-state index in [4.69, 9.17) is 0 Å². The number of hydrogen-bond donors (Lipinski definition) is 2. The number of carbonyl (C=O) groups is 1. The van der Waals surface area contributed by atoms with Crippen LogP contribution in [0.2, 0.25) is 0 Å². The molecule has 0 radical (unpaired) electrons. The Morgan fingerprint density at radius 3 is 2.76 bits per heavy atom. The first-order valence-electron chi connectivity index (χ1n) is 6.63. The maximum atomic E-state index is 11.6. The molecule has 2 rings (SSSR count). The lowest BCUT2D eigenvalue weighted by molar-refractivity contribution is -0.117. The van der Waals surface area contributed by atoms with Gasteiger partial charge in [0.05, 0.1) is 6.10 Å². The predicted octanol–water partition coefficient (Wildman–Crippen LogP) is 2.15. The first-order valence-corrected chi connectivity index (χ1v) is 6.63. The summed E-state index contributed by atoms with van der Waals surface area (Å²) in [6.07, 6.45) is 7.07. The average Bonchev–Trinajstić information content (AvgIpc) is 2.13. The number of hydrogen-bond acceptors (Lipinski definition) is 3. The van der Waals surface area contributed by atoms with E-state index in [1.54, 1.807) is 6.08 Å². The summed E-state index contributed by atoms with van der Waals surface area (Å²) in [5.74, 6) is 0.222. The summed E-state index contributed by atoms with van der Waals surface area (Å²) in [6.45, 7) is 4.27. The summed E-state index contributed by atoms with van der Waals surface area (Å²) in [5, 5.41) is 13.1. The van der Waals surface area contributed by atoms with Gasteiger partial charge in [0.25, 0.3) is 0 Å². The van der Waals surface area contributed by atoms with Crippen molar-refractivity contribution in [3.8, 4) is 0 Å². The molecule has 0 spiro atoms. The van der Waals surface area contributed by atoms with Crippen molar-refractivity contribution in [2.45, 2.75) is 64.5 Å². The molecule has 96 valence electrons. The Morgan fingerprint density at radius 2 is 2.12 bits per heavy atom. The third kappa shape index (κ3) is 3.56. The van der Waals surface area contributed by atoms with Crippen molar-refractivity contribution >= 4 is 5.78 Å². The molecule has 0 aromatic rings. The van der Waals surface area contributed by atoms with Gasteiger partial charge >= 0.3 is 0 Å². The van der Waals surface area contributed by atoms with Crippen molar-refractivity contribution in [3.63, 3.8) is 0 Å². The Labute approximate surface area is 103 Å². The molecule has 0 bridgehead atoms. The molecule has 0 amide bonds. The lowest BCUT2D eigenvalue weighted by Crippen LogP contribution is -2.38. The van der Waals surface area contributed by atoms with E-state index >= 15 is 0 Å². The first kappa shape index (κ1) is 12.6. The zero-order valence-electron chi connectivity index (χ0n) is 10.8. The van der Waals surface area contributed by atoms with Crippen LogP contribution in [-0.2, 0) is 4.79 Å². The third-order valence-corrected chi connectivity index (χ3v) is 3.69. The topological polar surface area (TPSA) is 49.3 Å². The summed E-state index contributed by atoms with van der Waals surface area (Å²) in [7, 11) is 0. The first-order chi connectivity index (χ1) is 7.94. The minimum absolute atomic E-state index is 0.0709. The lowest BCUT2D eigenvalue weighted by Gasteiger charge is -2.33. The van der Waals surface area contributed by atoms with E-state index in [2.05, 4.69) is 19.2 Å². The van der Waals surface area contributed by atoms with Crippen molar-refractivity contribution in [1.29, 1.82) is 0 Å². The zero-order chi connectivity index (χ0) is 12.5. The normalized spacial score (nSPS) is 33.1. The summed E-state index contributed by atoms with van der Waals surface area (Å²) in [4.78, 5) is 11.6. The van der Waals surface area contributed by atoms with Gasteiger partial charge in [-0.3, -0.25) is 4.79 Å². The van der Waals surface area contributed by atoms with Gasteiger partial charge in [0.2, 0.25) is 0 Å². The fraction of sp³-hybridized carbons (Fsp3) is 0.786. The van der Waals surface area contributed by atoms with Gasteiger partial charge < -0.3 is 10.4 Å². The van der Waals surface area contributed by atoms with Gasteiger partial charge in [-0.05, 0) is 37.5 Å². The molecule has 2 aliphatic carbocycles. The van der Waals surface area contributed by atoms with Crippen LogP contribution < -0.4 is 5.32 Å². The SMILES string of the molecule is CC1(C)CC(=O)C=C(N[C@H]2CCC[C@@H](O)C2)C1. The number of ketones is 1. The molecule has 0 unspecified atom stereocenters. The molecule has 3 nitrogen and oxygen atoms in total. The van der Waals surface area contributed by atoms with E-state index in [0.29, 0.717) is 12.5 Å². The molecule has 1 fully saturated rings. The Balaban J connectivity index is 1.96. The van der Waals surface area contributed by atoms with Crippen LogP contribution in [0.4, 0.5) is 0 Å². The molecule has 0 aromatic carbocycles. The van der Waals surface area contributed by atoms with Crippen molar-refractivity contribution in [2.24, 2.45) is 5.41 Å². The van der Waals surface area contributed by atoms with Gasteiger partial charge in [-0.1, -0.05) is 13.8 Å². The second-order valence-electron chi connectivity index (χ2n) is 6.32. The van der Waals surface area contributed by atoms with Crippen LogP contribution in [0.15, 0.2) is 11.8 Å². The minimum atomic E-state index is -0.172. The highest BCUT2D eigenvalue weighted by Crippen LogP contribution is 2.33. The molecule has 2 aliphatic rings. The zero-order valence-corrected chi connectivity index (χ0v) is 10.8. The molecule has 0 saturated heterocycles. The molecular formula is C14H23NO2. The van der Waals surface area contributed by atoms with Gasteiger partial charge in [-0.2, -0.15) is 0 Å². The molecule has 17 heavy (non-hydrogen) atoms. The number of aliphatic hydroxyl groups excluding tert-OH is 1. The molecule has 0 aliphatic heterocycles. The van der Waals surface area contributed by atoms with Crippen LogP contribution >= 0.6 is 0 Å². The Kier molecular flexibility index (Phi) is 3.57. The second kappa shape index (κ2) is 4.81. The number of carbonyl (C=O) groups excluding carboxylic acids is 1. The van der Waals surface area contributed by atoms with E-state index in [0.717, 1.165) is 37.8 Å². The van der Waals surface area contributed by atoms with Gasteiger partial charge in [-0.15, -0.1) is 0 Å². The summed E-state index contributed by atoms with van der Waals surface area (Å²) in [6, 6.07) is 0.340. The van der Waals surface area contributed by atoms with Gasteiger partial charge in [-0.25, -0.2) is 0 Å². The van der Waals surface area contributed by atoms with E-state index < -0.39 is 0 Å². The van der Waals surface area contributed by atoms with Gasteiger partial charge in [0.15, 0.2) is 5.78 Å². The van der Waals surface area contributed by atoms with Gasteiger partial charge in [0, 0.05) is 24.2 Å². The molecule has 2 N–H and O–H groups in total. The van der Waals surface area contributed by atoms with Crippen LogP contribution in [-0.4, -0.2) is 23.0 Å². The van der Waals surface area contributed by atoms with E-state index in [1.165, 1.54) is 0 Å². The number of allylic oxidation sites excluding steroid dienone is 2. The number of nitrogens with one attached hydrogen (secondary N) is 1. The predicted molar refractivity (Wildman–Crippen MR) is 67.5 cm³/mol. The maximum absolute atomic E-state index is 11.6. The number of rotatable bonds is 2. The summed E-state index contributed by atoms with van der Waals surface area (Å²) < 4.78 is 0. The molecule has 0 heterocycles. The van der Waals surface area contributed by atoms with Crippen LogP contribution in [0.5, 0.6) is 0 Å². The highest BCUT2D eigenvalue weighted by atomic mass is 16.3. The highest BCUT2D eigenvalue weighted by molar-refractivity contribution is 5.91. The van der Waals surface area contributed by atoms with Crippen LogP contribution in [0.1, 0.15) is 52.4 Å². The smallest absolute Gasteiger partial charge is 0.157 e. The summed E-state index contributed by atoms with van der Waals surface area (Å²) >= 11 is 0. The largest absolute Gasteiger partial charge is 0.393 e. The third-order valence-electron chi connectivity index (χ3n) is 3.69. The van der Waals surface area contributed by atoms with Crippen molar-refractivity contribution in [3.05, 3.63) is 11.8 Å². The minimum Gasteiger partial charge on any atom is -0.393 e. The Bertz CT molecular complexity index is 333. The van der Waals surface area contributed by atoms with Crippen LogP contribution in [0.25, 0.3) is 0 Å². The quantitative estimate of drug-likeness (QED) is 0.773.